The molecule has 0 spiro atoms. The van der Waals surface area contributed by atoms with Gasteiger partial charge in [-0.05, 0) is 38.1 Å². The number of nitrogens with two attached hydrogens (primary N) is 1. The number of benzene rings is 1. The Kier molecular flexibility index (Phi) is 3.99. The van der Waals surface area contributed by atoms with E-state index in [-0.39, 0.29) is 0 Å². The van der Waals surface area contributed by atoms with Gasteiger partial charge in [0, 0.05) is 35.6 Å². The second-order valence-corrected chi connectivity index (χ2v) is 4.21. The molecule has 2 rings (SSSR count). The number of aryl methyl sites for hydroxylation is 1. The molecule has 4 nitrogen and oxygen atoms in total. The minimum atomic E-state index is 0.696. The van der Waals surface area contributed by atoms with Crippen LogP contribution < -0.4 is 11.1 Å². The van der Waals surface area contributed by atoms with E-state index in [4.69, 9.17) is 10.5 Å². The van der Waals surface area contributed by atoms with Crippen molar-refractivity contribution in [1.82, 2.24) is 4.98 Å². The highest BCUT2D eigenvalue weighted by Crippen LogP contribution is 2.25. The van der Waals surface area contributed by atoms with Crippen LogP contribution in [0.15, 0.2) is 24.3 Å². The molecule has 96 valence electrons. The maximum atomic E-state index is 5.83. The van der Waals surface area contributed by atoms with Crippen molar-refractivity contribution in [1.29, 1.82) is 0 Å². The van der Waals surface area contributed by atoms with Gasteiger partial charge in [-0.1, -0.05) is 0 Å². The van der Waals surface area contributed by atoms with Crippen LogP contribution in [0, 0.1) is 6.92 Å². The Morgan fingerprint density at radius 1 is 1.33 bits per heavy atom. The van der Waals surface area contributed by atoms with Crippen LogP contribution in [-0.4, -0.2) is 24.7 Å². The lowest BCUT2D eigenvalue weighted by Crippen LogP contribution is -2.10. The first kappa shape index (κ1) is 12.6. The molecule has 0 unspecified atom stereocenters. The van der Waals surface area contributed by atoms with E-state index in [9.17, 15) is 0 Å². The molecular weight excluding hydrogens is 226 g/mol. The number of hydrogen-bond donors (Lipinski definition) is 2. The Morgan fingerprint density at radius 3 is 2.94 bits per heavy atom. The van der Waals surface area contributed by atoms with E-state index in [1.807, 2.05) is 38.1 Å². The molecule has 1 heterocycles. The van der Waals surface area contributed by atoms with E-state index in [2.05, 4.69) is 10.3 Å². The van der Waals surface area contributed by atoms with Crippen LogP contribution in [0.3, 0.4) is 0 Å². The molecule has 0 fully saturated rings. The van der Waals surface area contributed by atoms with E-state index < -0.39 is 0 Å². The van der Waals surface area contributed by atoms with Crippen LogP contribution in [0.5, 0.6) is 0 Å². The number of nitrogen functional groups attached to an aromatic ring is 1. The lowest BCUT2D eigenvalue weighted by atomic mass is 10.1. The smallest absolute Gasteiger partial charge is 0.0727 e. The Morgan fingerprint density at radius 2 is 2.17 bits per heavy atom. The van der Waals surface area contributed by atoms with Gasteiger partial charge in [0.25, 0.3) is 0 Å². The van der Waals surface area contributed by atoms with Crippen molar-refractivity contribution in [3.05, 3.63) is 30.0 Å². The maximum absolute atomic E-state index is 5.83. The van der Waals surface area contributed by atoms with E-state index in [0.29, 0.717) is 6.61 Å². The van der Waals surface area contributed by atoms with Gasteiger partial charge in [-0.2, -0.15) is 0 Å². The summed E-state index contributed by atoms with van der Waals surface area (Å²) < 4.78 is 5.32. The van der Waals surface area contributed by atoms with E-state index in [1.165, 1.54) is 0 Å². The Balaban J connectivity index is 2.27. The van der Waals surface area contributed by atoms with Crippen LogP contribution in [-0.2, 0) is 4.74 Å². The lowest BCUT2D eigenvalue weighted by molar-refractivity contribution is 0.158. The highest BCUT2D eigenvalue weighted by Gasteiger charge is 2.04. The summed E-state index contributed by atoms with van der Waals surface area (Å²) >= 11 is 0. The van der Waals surface area contributed by atoms with Crippen LogP contribution in [0.4, 0.5) is 11.4 Å². The van der Waals surface area contributed by atoms with E-state index in [1.54, 1.807) is 0 Å². The van der Waals surface area contributed by atoms with Gasteiger partial charge in [0.2, 0.25) is 0 Å². The topological polar surface area (TPSA) is 60.2 Å². The lowest BCUT2D eigenvalue weighted by Gasteiger charge is -2.11. The molecule has 0 saturated heterocycles. The first-order valence-electron chi connectivity index (χ1n) is 6.19. The van der Waals surface area contributed by atoms with Crippen LogP contribution >= 0.6 is 0 Å². The summed E-state index contributed by atoms with van der Waals surface area (Å²) in [5.74, 6) is 0. The molecule has 0 saturated carbocycles. The van der Waals surface area contributed by atoms with Crippen LogP contribution in [0.25, 0.3) is 10.9 Å². The van der Waals surface area contributed by atoms with Gasteiger partial charge < -0.3 is 15.8 Å². The van der Waals surface area contributed by atoms with Gasteiger partial charge in [0.05, 0.1) is 12.1 Å². The fourth-order valence-electron chi connectivity index (χ4n) is 1.92. The quantitative estimate of drug-likeness (QED) is 0.628. The summed E-state index contributed by atoms with van der Waals surface area (Å²) in [6, 6.07) is 7.81. The molecule has 0 amide bonds. The molecule has 1 aromatic carbocycles. The zero-order valence-electron chi connectivity index (χ0n) is 10.9. The molecule has 3 N–H and O–H groups in total. The second-order valence-electron chi connectivity index (χ2n) is 4.21. The van der Waals surface area contributed by atoms with Gasteiger partial charge in [0.15, 0.2) is 0 Å². The average molecular weight is 245 g/mol. The predicted molar refractivity (Wildman–Crippen MR) is 75.9 cm³/mol. The molecular formula is C14H19N3O. The number of ether oxygens (including phenoxy) is 1. The molecule has 18 heavy (non-hydrogen) atoms. The number of fused-ring (bicyclic) bond motifs is 1. The number of anilines is 2. The van der Waals surface area contributed by atoms with Crippen molar-refractivity contribution >= 4 is 22.3 Å². The van der Waals surface area contributed by atoms with Crippen LogP contribution in [0.2, 0.25) is 0 Å². The average Bonchev–Trinajstić information content (AvgIpc) is 2.35. The number of aromatic nitrogens is 1. The SMILES string of the molecule is CCOCCNc1cc(C)nc2ccc(N)cc12. The molecule has 0 aliphatic heterocycles. The molecule has 2 aromatic rings. The molecule has 0 radical (unpaired) electrons. The summed E-state index contributed by atoms with van der Waals surface area (Å²) in [7, 11) is 0. The van der Waals surface area contributed by atoms with Crippen molar-refractivity contribution in [2.45, 2.75) is 13.8 Å². The number of nitrogens with zero attached hydrogens (tertiary/aromatic N) is 1. The summed E-state index contributed by atoms with van der Waals surface area (Å²) in [4.78, 5) is 4.50. The molecule has 4 heteroatoms. The predicted octanol–water partition coefficient (Wildman–Crippen LogP) is 2.57. The molecule has 0 aliphatic carbocycles. The maximum Gasteiger partial charge on any atom is 0.0727 e. The minimum absolute atomic E-state index is 0.696. The number of rotatable bonds is 5. The molecule has 0 bridgehead atoms. The second kappa shape index (κ2) is 5.69. The molecule has 0 atom stereocenters. The van der Waals surface area contributed by atoms with Gasteiger partial charge in [0.1, 0.15) is 0 Å². The summed E-state index contributed by atoms with van der Waals surface area (Å²) in [5.41, 5.74) is 9.59. The summed E-state index contributed by atoms with van der Waals surface area (Å²) in [6.07, 6.45) is 0. The first-order valence-corrected chi connectivity index (χ1v) is 6.19. The normalized spacial score (nSPS) is 10.8. The van der Waals surface area contributed by atoms with Crippen molar-refractivity contribution in [2.24, 2.45) is 0 Å². The Bertz CT molecular complexity index is 540. The van der Waals surface area contributed by atoms with Crippen molar-refractivity contribution in [3.8, 4) is 0 Å². The van der Waals surface area contributed by atoms with Gasteiger partial charge in [-0.3, -0.25) is 4.98 Å². The third-order valence-electron chi connectivity index (χ3n) is 2.73. The monoisotopic (exact) mass is 245 g/mol. The Labute approximate surface area is 107 Å². The van der Waals surface area contributed by atoms with Crippen molar-refractivity contribution in [2.75, 3.05) is 30.8 Å². The molecule has 1 aromatic heterocycles. The highest BCUT2D eigenvalue weighted by atomic mass is 16.5. The fourth-order valence-corrected chi connectivity index (χ4v) is 1.92. The van der Waals surface area contributed by atoms with E-state index >= 15 is 0 Å². The number of hydrogen-bond acceptors (Lipinski definition) is 4. The van der Waals surface area contributed by atoms with E-state index in [0.717, 1.165) is 41.1 Å². The van der Waals surface area contributed by atoms with Crippen molar-refractivity contribution in [3.63, 3.8) is 0 Å². The van der Waals surface area contributed by atoms with Gasteiger partial charge >= 0.3 is 0 Å². The van der Waals surface area contributed by atoms with Gasteiger partial charge in [-0.25, -0.2) is 0 Å². The summed E-state index contributed by atoms with van der Waals surface area (Å²) in [6.45, 7) is 6.20. The summed E-state index contributed by atoms with van der Waals surface area (Å²) in [5, 5.41) is 4.42. The zero-order chi connectivity index (χ0) is 13.0. The first-order chi connectivity index (χ1) is 8.70. The third-order valence-corrected chi connectivity index (χ3v) is 2.73. The standard InChI is InChI=1S/C14H19N3O/c1-3-18-7-6-16-14-8-10(2)17-13-5-4-11(15)9-12(13)14/h4-5,8-9H,3,6-7,15H2,1-2H3,(H,16,17). The number of pyridine rings is 1. The van der Waals surface area contributed by atoms with Crippen LogP contribution in [0.1, 0.15) is 12.6 Å². The van der Waals surface area contributed by atoms with Gasteiger partial charge in [-0.15, -0.1) is 0 Å². The largest absolute Gasteiger partial charge is 0.399 e. The highest BCUT2D eigenvalue weighted by molar-refractivity contribution is 5.93. The zero-order valence-corrected chi connectivity index (χ0v) is 10.9. The minimum Gasteiger partial charge on any atom is -0.399 e. The molecule has 0 aliphatic rings. The third kappa shape index (κ3) is 2.90. The number of nitrogens with one attached hydrogen (secondary N) is 1. The Hall–Kier alpha value is -1.81. The fraction of sp³-hybridized carbons (Fsp3) is 0.357. The van der Waals surface area contributed by atoms with Crippen molar-refractivity contribution < 1.29 is 4.74 Å².